The molecular weight excluding hydrogens is 268 g/mol. The van der Waals surface area contributed by atoms with Gasteiger partial charge in [-0.15, -0.1) is 0 Å². The van der Waals surface area contributed by atoms with Crippen LogP contribution in [0.2, 0.25) is 0 Å². The fourth-order valence-electron chi connectivity index (χ4n) is 2.01. The van der Waals surface area contributed by atoms with Crippen molar-refractivity contribution in [1.82, 2.24) is 4.90 Å². The number of morpholine rings is 1. The van der Waals surface area contributed by atoms with Crippen LogP contribution in [-0.2, 0) is 9.53 Å². The van der Waals surface area contributed by atoms with Crippen LogP contribution in [0.1, 0.15) is 6.42 Å². The maximum atomic E-state index is 12.0. The van der Waals surface area contributed by atoms with Crippen LogP contribution < -0.4 is 0 Å². The summed E-state index contributed by atoms with van der Waals surface area (Å²) in [4.78, 5) is 14.2. The summed E-state index contributed by atoms with van der Waals surface area (Å²) in [5, 5.41) is 16.8. The van der Waals surface area contributed by atoms with Crippen LogP contribution in [0.3, 0.4) is 0 Å². The van der Waals surface area contributed by atoms with Crippen LogP contribution in [0.4, 0.5) is 5.69 Å². The third kappa shape index (κ3) is 5.06. The molecule has 0 N–H and O–H groups in total. The van der Waals surface area contributed by atoms with E-state index in [1.54, 1.807) is 12.1 Å². The number of nitriles is 1. The van der Waals surface area contributed by atoms with Gasteiger partial charge in [-0.2, -0.15) is 15.5 Å². The zero-order valence-electron chi connectivity index (χ0n) is 11.8. The summed E-state index contributed by atoms with van der Waals surface area (Å²) in [7, 11) is 0. The predicted molar refractivity (Wildman–Crippen MR) is 77.2 cm³/mol. The second-order valence-corrected chi connectivity index (χ2v) is 4.75. The molecule has 1 atom stereocenters. The lowest BCUT2D eigenvalue weighted by Gasteiger charge is -2.26. The van der Waals surface area contributed by atoms with Gasteiger partial charge in [0, 0.05) is 26.1 Å². The number of azo groups is 1. The molecule has 0 radical (unpaired) electrons. The van der Waals surface area contributed by atoms with E-state index in [-0.39, 0.29) is 5.78 Å². The van der Waals surface area contributed by atoms with Gasteiger partial charge in [0.15, 0.2) is 5.78 Å². The maximum Gasteiger partial charge on any atom is 0.215 e. The molecule has 21 heavy (non-hydrogen) atoms. The largest absolute Gasteiger partial charge is 0.379 e. The van der Waals surface area contributed by atoms with Crippen LogP contribution in [0.15, 0.2) is 40.6 Å². The highest BCUT2D eigenvalue weighted by atomic mass is 16.5. The molecular formula is C15H18N4O2. The molecule has 0 saturated carbocycles. The van der Waals surface area contributed by atoms with Gasteiger partial charge in [-0.25, -0.2) is 0 Å². The summed E-state index contributed by atoms with van der Waals surface area (Å²) < 4.78 is 5.25. The van der Waals surface area contributed by atoms with Crippen molar-refractivity contribution in [3.8, 4) is 6.07 Å². The monoisotopic (exact) mass is 286 g/mol. The number of Topliss-reactive ketones (excluding diaryl/α,β-unsaturated/α-hetero) is 1. The van der Waals surface area contributed by atoms with E-state index in [1.807, 2.05) is 24.3 Å². The molecule has 0 aromatic heterocycles. The van der Waals surface area contributed by atoms with Crippen LogP contribution >= 0.6 is 0 Å². The van der Waals surface area contributed by atoms with Crippen LogP contribution in [0.25, 0.3) is 0 Å². The Labute approximate surface area is 124 Å². The van der Waals surface area contributed by atoms with Crippen molar-refractivity contribution in [2.24, 2.45) is 10.2 Å². The molecule has 1 aromatic carbocycles. The first-order valence-corrected chi connectivity index (χ1v) is 6.98. The first-order chi connectivity index (χ1) is 10.3. The number of benzene rings is 1. The summed E-state index contributed by atoms with van der Waals surface area (Å²) >= 11 is 0. The molecule has 6 heteroatoms. The molecule has 1 aromatic rings. The average Bonchev–Trinajstić information content (AvgIpc) is 2.55. The first-order valence-electron chi connectivity index (χ1n) is 6.98. The number of carbonyl (C=O) groups is 1. The number of hydrogen-bond donors (Lipinski definition) is 0. The Kier molecular flexibility index (Phi) is 6.00. The summed E-state index contributed by atoms with van der Waals surface area (Å²) in [5.74, 6) is -0.191. The van der Waals surface area contributed by atoms with Crippen LogP contribution in [0.5, 0.6) is 0 Å². The van der Waals surface area contributed by atoms with Gasteiger partial charge in [-0.3, -0.25) is 9.69 Å². The second-order valence-electron chi connectivity index (χ2n) is 4.75. The molecule has 2 rings (SSSR count). The Morgan fingerprint density at radius 3 is 2.71 bits per heavy atom. The van der Waals surface area contributed by atoms with E-state index in [0.717, 1.165) is 13.1 Å². The number of nitrogens with zero attached hydrogens (tertiary/aromatic N) is 4. The van der Waals surface area contributed by atoms with Crippen LogP contribution in [-0.4, -0.2) is 49.6 Å². The summed E-state index contributed by atoms with van der Waals surface area (Å²) in [6.07, 6.45) is 0.312. The lowest BCUT2D eigenvalue weighted by atomic mass is 10.1. The molecule has 0 bridgehead atoms. The van der Waals surface area contributed by atoms with Crippen molar-refractivity contribution < 1.29 is 9.53 Å². The topological polar surface area (TPSA) is 78.0 Å². The predicted octanol–water partition coefficient (Wildman–Crippen LogP) is 1.95. The lowest BCUT2D eigenvalue weighted by molar-refractivity contribution is -0.119. The van der Waals surface area contributed by atoms with Crippen molar-refractivity contribution in [1.29, 1.82) is 5.26 Å². The average molecular weight is 286 g/mol. The van der Waals surface area contributed by atoms with Crippen LogP contribution in [0, 0.1) is 11.3 Å². The Morgan fingerprint density at radius 2 is 2.05 bits per heavy atom. The third-order valence-corrected chi connectivity index (χ3v) is 3.25. The van der Waals surface area contributed by atoms with Gasteiger partial charge in [0.05, 0.1) is 25.0 Å². The second kappa shape index (κ2) is 8.25. The molecule has 0 amide bonds. The molecule has 1 saturated heterocycles. The van der Waals surface area contributed by atoms with E-state index in [4.69, 9.17) is 10.00 Å². The molecule has 0 aliphatic carbocycles. The SMILES string of the molecule is N#CC(N=Nc1ccccc1)C(=O)CCN1CCOCC1. The van der Waals surface area contributed by atoms with Crippen molar-refractivity contribution in [2.75, 3.05) is 32.8 Å². The van der Waals surface area contributed by atoms with Gasteiger partial charge in [0.1, 0.15) is 0 Å². The number of hydrogen-bond acceptors (Lipinski definition) is 6. The first kappa shape index (κ1) is 15.3. The van der Waals surface area contributed by atoms with E-state index in [0.29, 0.717) is 31.9 Å². The highest BCUT2D eigenvalue weighted by Gasteiger charge is 2.19. The highest BCUT2D eigenvalue weighted by Crippen LogP contribution is 2.12. The zero-order chi connectivity index (χ0) is 14.9. The van der Waals surface area contributed by atoms with Crippen molar-refractivity contribution >= 4 is 11.5 Å². The molecule has 1 heterocycles. The molecule has 6 nitrogen and oxygen atoms in total. The molecule has 110 valence electrons. The summed E-state index contributed by atoms with van der Waals surface area (Å²) in [6, 6.07) is 9.96. The van der Waals surface area contributed by atoms with Crippen molar-refractivity contribution in [3.63, 3.8) is 0 Å². The Balaban J connectivity index is 1.84. The minimum absolute atomic E-state index is 0.191. The standard InChI is InChI=1S/C15H18N4O2/c16-12-14(18-17-13-4-2-1-3-5-13)15(20)6-7-19-8-10-21-11-9-19/h1-5,14H,6-11H2. The lowest BCUT2D eigenvalue weighted by Crippen LogP contribution is -2.38. The highest BCUT2D eigenvalue weighted by molar-refractivity contribution is 5.86. The minimum Gasteiger partial charge on any atom is -0.379 e. The van der Waals surface area contributed by atoms with Gasteiger partial charge < -0.3 is 4.74 Å². The smallest absolute Gasteiger partial charge is 0.215 e. The minimum atomic E-state index is -1.02. The van der Waals surface area contributed by atoms with E-state index in [1.165, 1.54) is 0 Å². The van der Waals surface area contributed by atoms with Gasteiger partial charge in [-0.1, -0.05) is 18.2 Å². The number of ketones is 1. The fourth-order valence-corrected chi connectivity index (χ4v) is 2.01. The Bertz CT molecular complexity index is 518. The normalized spacial score (nSPS) is 17.5. The van der Waals surface area contributed by atoms with E-state index < -0.39 is 6.04 Å². The van der Waals surface area contributed by atoms with Crippen molar-refractivity contribution in [3.05, 3.63) is 30.3 Å². The third-order valence-electron chi connectivity index (χ3n) is 3.25. The number of carbonyl (C=O) groups excluding carboxylic acids is 1. The van der Waals surface area contributed by atoms with E-state index >= 15 is 0 Å². The summed E-state index contributed by atoms with van der Waals surface area (Å²) in [6.45, 7) is 3.69. The molecule has 1 unspecified atom stereocenters. The summed E-state index contributed by atoms with van der Waals surface area (Å²) in [5.41, 5.74) is 0.638. The van der Waals surface area contributed by atoms with E-state index in [2.05, 4.69) is 15.1 Å². The maximum absolute atomic E-state index is 12.0. The Morgan fingerprint density at radius 1 is 1.33 bits per heavy atom. The zero-order valence-corrected chi connectivity index (χ0v) is 11.8. The molecule has 1 aliphatic heterocycles. The van der Waals surface area contributed by atoms with Gasteiger partial charge in [0.25, 0.3) is 0 Å². The van der Waals surface area contributed by atoms with Gasteiger partial charge >= 0.3 is 0 Å². The quantitative estimate of drug-likeness (QED) is 0.749. The Hall–Kier alpha value is -2.10. The van der Waals surface area contributed by atoms with E-state index in [9.17, 15) is 4.79 Å². The van der Waals surface area contributed by atoms with Crippen molar-refractivity contribution in [2.45, 2.75) is 12.5 Å². The van der Waals surface area contributed by atoms with Gasteiger partial charge in [-0.05, 0) is 12.1 Å². The molecule has 1 fully saturated rings. The number of ether oxygens (including phenoxy) is 1. The van der Waals surface area contributed by atoms with Gasteiger partial charge in [0.2, 0.25) is 6.04 Å². The molecule has 1 aliphatic rings. The molecule has 0 spiro atoms. The fraction of sp³-hybridized carbons (Fsp3) is 0.467. The number of rotatable bonds is 6.